The predicted molar refractivity (Wildman–Crippen MR) is 83.4 cm³/mol. The molecule has 3 heterocycles. The predicted octanol–water partition coefficient (Wildman–Crippen LogP) is 1.41. The summed E-state index contributed by atoms with van der Waals surface area (Å²) in [6.45, 7) is 2.08. The van der Waals surface area contributed by atoms with E-state index < -0.39 is 0 Å². The quantitative estimate of drug-likeness (QED) is 0.924. The van der Waals surface area contributed by atoms with Crippen LogP contribution < -0.4 is 10.2 Å². The molecule has 2 aromatic rings. The van der Waals surface area contributed by atoms with Gasteiger partial charge >= 0.3 is 0 Å². The van der Waals surface area contributed by atoms with Crippen molar-refractivity contribution < 1.29 is 0 Å². The molecule has 0 radical (unpaired) electrons. The Kier molecular flexibility index (Phi) is 3.88. The van der Waals surface area contributed by atoms with Gasteiger partial charge in [-0.1, -0.05) is 0 Å². The van der Waals surface area contributed by atoms with Crippen LogP contribution in [0.3, 0.4) is 0 Å². The van der Waals surface area contributed by atoms with Crippen LogP contribution >= 0.6 is 0 Å². The normalized spacial score (nSPS) is 18.7. The van der Waals surface area contributed by atoms with Crippen molar-refractivity contribution in [3.63, 3.8) is 0 Å². The van der Waals surface area contributed by atoms with Gasteiger partial charge in [0.1, 0.15) is 0 Å². The SMILES string of the molecule is CN(C)c1ncc(-c2cnn(C)c2)c([C@@H]2CCCNC2)n1. The Labute approximate surface area is 125 Å². The van der Waals surface area contributed by atoms with Crippen molar-refractivity contribution in [1.29, 1.82) is 0 Å². The molecule has 21 heavy (non-hydrogen) atoms. The molecule has 0 aliphatic carbocycles. The second-order valence-corrected chi connectivity index (χ2v) is 5.81. The first-order valence-electron chi connectivity index (χ1n) is 7.39. The molecule has 1 aliphatic heterocycles. The number of nitrogens with zero attached hydrogens (tertiary/aromatic N) is 5. The van der Waals surface area contributed by atoms with E-state index in [-0.39, 0.29) is 0 Å². The average molecular weight is 286 g/mol. The molecule has 112 valence electrons. The Morgan fingerprint density at radius 2 is 2.19 bits per heavy atom. The maximum absolute atomic E-state index is 4.82. The van der Waals surface area contributed by atoms with Gasteiger partial charge in [0, 0.05) is 57.1 Å². The molecule has 1 fully saturated rings. The molecule has 2 aromatic heterocycles. The zero-order chi connectivity index (χ0) is 14.8. The lowest BCUT2D eigenvalue weighted by atomic mass is 9.91. The third-order valence-corrected chi connectivity index (χ3v) is 3.90. The number of anilines is 1. The molecule has 0 amide bonds. The minimum atomic E-state index is 0.440. The molecule has 1 saturated heterocycles. The lowest BCUT2D eigenvalue weighted by molar-refractivity contribution is 0.455. The van der Waals surface area contributed by atoms with Crippen LogP contribution in [0.5, 0.6) is 0 Å². The highest BCUT2D eigenvalue weighted by Gasteiger charge is 2.22. The van der Waals surface area contributed by atoms with Crippen molar-refractivity contribution in [1.82, 2.24) is 25.1 Å². The molecule has 1 atom stereocenters. The van der Waals surface area contributed by atoms with Gasteiger partial charge in [0.2, 0.25) is 5.95 Å². The topological polar surface area (TPSA) is 58.9 Å². The number of nitrogens with one attached hydrogen (secondary N) is 1. The van der Waals surface area contributed by atoms with E-state index in [1.807, 2.05) is 49.3 Å². The van der Waals surface area contributed by atoms with Crippen LogP contribution in [0.15, 0.2) is 18.6 Å². The van der Waals surface area contributed by atoms with E-state index in [2.05, 4.69) is 15.4 Å². The van der Waals surface area contributed by atoms with Gasteiger partial charge in [0.15, 0.2) is 0 Å². The Hall–Kier alpha value is -1.95. The maximum Gasteiger partial charge on any atom is 0.225 e. The van der Waals surface area contributed by atoms with Gasteiger partial charge in [-0.15, -0.1) is 0 Å². The van der Waals surface area contributed by atoms with E-state index in [1.54, 1.807) is 0 Å². The molecule has 6 nitrogen and oxygen atoms in total. The maximum atomic E-state index is 4.82. The monoisotopic (exact) mass is 286 g/mol. The Balaban J connectivity index is 2.05. The fourth-order valence-electron chi connectivity index (χ4n) is 2.78. The minimum absolute atomic E-state index is 0.440. The number of piperidine rings is 1. The van der Waals surface area contributed by atoms with E-state index in [1.165, 1.54) is 12.8 Å². The second-order valence-electron chi connectivity index (χ2n) is 5.81. The highest BCUT2D eigenvalue weighted by Crippen LogP contribution is 2.31. The molecule has 1 N–H and O–H groups in total. The highest BCUT2D eigenvalue weighted by atomic mass is 15.2. The molecular formula is C15H22N6. The summed E-state index contributed by atoms with van der Waals surface area (Å²) in [5, 5.41) is 7.74. The van der Waals surface area contributed by atoms with Crippen LogP contribution in [0, 0.1) is 0 Å². The Morgan fingerprint density at radius 3 is 2.81 bits per heavy atom. The van der Waals surface area contributed by atoms with Crippen molar-refractivity contribution in [2.24, 2.45) is 7.05 Å². The summed E-state index contributed by atoms with van der Waals surface area (Å²) >= 11 is 0. The van der Waals surface area contributed by atoms with Crippen molar-refractivity contribution in [2.75, 3.05) is 32.1 Å². The number of aryl methyl sites for hydroxylation is 1. The number of hydrogen-bond acceptors (Lipinski definition) is 5. The van der Waals surface area contributed by atoms with Gasteiger partial charge in [-0.25, -0.2) is 9.97 Å². The van der Waals surface area contributed by atoms with Crippen LogP contribution in [0.25, 0.3) is 11.1 Å². The van der Waals surface area contributed by atoms with Crippen molar-refractivity contribution in [3.05, 3.63) is 24.3 Å². The van der Waals surface area contributed by atoms with Crippen molar-refractivity contribution in [2.45, 2.75) is 18.8 Å². The largest absolute Gasteiger partial charge is 0.347 e. The number of aromatic nitrogens is 4. The molecular weight excluding hydrogens is 264 g/mol. The summed E-state index contributed by atoms with van der Waals surface area (Å²) in [5.41, 5.74) is 3.32. The zero-order valence-corrected chi connectivity index (χ0v) is 12.9. The highest BCUT2D eigenvalue weighted by molar-refractivity contribution is 5.65. The molecule has 0 saturated carbocycles. The van der Waals surface area contributed by atoms with Gasteiger partial charge in [-0.05, 0) is 19.4 Å². The molecule has 0 unspecified atom stereocenters. The van der Waals surface area contributed by atoms with Crippen LogP contribution in [0.1, 0.15) is 24.5 Å². The van der Waals surface area contributed by atoms with E-state index in [4.69, 9.17) is 4.98 Å². The summed E-state index contributed by atoms with van der Waals surface area (Å²) in [6, 6.07) is 0. The minimum Gasteiger partial charge on any atom is -0.347 e. The number of hydrogen-bond donors (Lipinski definition) is 1. The first kappa shape index (κ1) is 14.0. The fraction of sp³-hybridized carbons (Fsp3) is 0.533. The molecule has 6 heteroatoms. The summed E-state index contributed by atoms with van der Waals surface area (Å²) < 4.78 is 1.82. The van der Waals surface area contributed by atoms with Crippen LogP contribution in [0.2, 0.25) is 0 Å². The lowest BCUT2D eigenvalue weighted by Crippen LogP contribution is -2.29. The summed E-state index contributed by atoms with van der Waals surface area (Å²) in [4.78, 5) is 11.2. The smallest absolute Gasteiger partial charge is 0.225 e. The van der Waals surface area contributed by atoms with E-state index in [0.717, 1.165) is 35.9 Å². The van der Waals surface area contributed by atoms with Gasteiger partial charge in [-0.2, -0.15) is 5.10 Å². The third-order valence-electron chi connectivity index (χ3n) is 3.90. The summed E-state index contributed by atoms with van der Waals surface area (Å²) in [7, 11) is 5.88. The third kappa shape index (κ3) is 2.90. The van der Waals surface area contributed by atoms with E-state index in [9.17, 15) is 0 Å². The molecule has 3 rings (SSSR count). The first-order valence-corrected chi connectivity index (χ1v) is 7.39. The Bertz CT molecular complexity index is 612. The number of rotatable bonds is 3. The van der Waals surface area contributed by atoms with Crippen molar-refractivity contribution >= 4 is 5.95 Å². The average Bonchev–Trinajstić information content (AvgIpc) is 2.94. The molecule has 0 aromatic carbocycles. The molecule has 0 spiro atoms. The van der Waals surface area contributed by atoms with Gasteiger partial charge in [-0.3, -0.25) is 4.68 Å². The van der Waals surface area contributed by atoms with E-state index >= 15 is 0 Å². The molecule has 0 bridgehead atoms. The Morgan fingerprint density at radius 1 is 1.33 bits per heavy atom. The lowest BCUT2D eigenvalue weighted by Gasteiger charge is -2.25. The van der Waals surface area contributed by atoms with Gasteiger partial charge < -0.3 is 10.2 Å². The van der Waals surface area contributed by atoms with Crippen LogP contribution in [-0.4, -0.2) is 46.9 Å². The van der Waals surface area contributed by atoms with Crippen LogP contribution in [0.4, 0.5) is 5.95 Å². The van der Waals surface area contributed by atoms with Gasteiger partial charge in [0.05, 0.1) is 11.9 Å². The second kappa shape index (κ2) is 5.81. The first-order chi connectivity index (χ1) is 10.1. The summed E-state index contributed by atoms with van der Waals surface area (Å²) in [5.74, 6) is 1.21. The van der Waals surface area contributed by atoms with Crippen LogP contribution in [-0.2, 0) is 7.05 Å². The van der Waals surface area contributed by atoms with E-state index in [0.29, 0.717) is 5.92 Å². The van der Waals surface area contributed by atoms with Crippen molar-refractivity contribution in [3.8, 4) is 11.1 Å². The standard InChI is InChI=1S/C15H22N6/c1-20(2)15-17-9-13(12-8-18-21(3)10-12)14(19-15)11-5-4-6-16-7-11/h8-11,16H,4-7H2,1-3H3/t11-/m1/s1. The fourth-order valence-corrected chi connectivity index (χ4v) is 2.78. The summed E-state index contributed by atoms with van der Waals surface area (Å²) in [6.07, 6.45) is 8.20. The molecule has 1 aliphatic rings. The van der Waals surface area contributed by atoms with Gasteiger partial charge in [0.25, 0.3) is 0 Å². The zero-order valence-electron chi connectivity index (χ0n) is 12.9.